The minimum absolute atomic E-state index is 0.0909. The molecule has 1 fully saturated rings. The van der Waals surface area contributed by atoms with Gasteiger partial charge < -0.3 is 15.4 Å². The zero-order valence-electron chi connectivity index (χ0n) is 17.5. The van der Waals surface area contributed by atoms with Crippen LogP contribution in [-0.2, 0) is 14.8 Å². The van der Waals surface area contributed by atoms with Gasteiger partial charge >= 0.3 is 0 Å². The van der Waals surface area contributed by atoms with Crippen molar-refractivity contribution in [2.24, 2.45) is 5.73 Å². The van der Waals surface area contributed by atoms with Crippen molar-refractivity contribution in [3.8, 4) is 11.5 Å². The van der Waals surface area contributed by atoms with Gasteiger partial charge in [-0.25, -0.2) is 8.42 Å². The Morgan fingerprint density at radius 1 is 0.969 bits per heavy atom. The molecule has 1 aliphatic rings. The highest BCUT2D eigenvalue weighted by Crippen LogP contribution is 2.35. The second-order valence-corrected chi connectivity index (χ2v) is 9.46. The molecule has 1 amide bonds. The molecule has 32 heavy (non-hydrogen) atoms. The quantitative estimate of drug-likeness (QED) is 0.595. The minimum Gasteiger partial charge on any atom is -0.455 e. The number of carbonyl (C=O) groups is 1. The molecule has 0 bridgehead atoms. The van der Waals surface area contributed by atoms with E-state index in [4.69, 9.17) is 10.5 Å². The molecule has 0 spiro atoms. The number of amides is 1. The van der Waals surface area contributed by atoms with E-state index < -0.39 is 10.0 Å². The topological polar surface area (TPSA) is 92.9 Å². The van der Waals surface area contributed by atoms with Crippen LogP contribution in [0.5, 0.6) is 11.5 Å². The van der Waals surface area contributed by atoms with Gasteiger partial charge in [0.15, 0.2) is 5.75 Å². The van der Waals surface area contributed by atoms with Gasteiger partial charge in [0.25, 0.3) is 10.0 Å². The number of hydrogen-bond donors (Lipinski definition) is 1. The van der Waals surface area contributed by atoms with Gasteiger partial charge in [-0.05, 0) is 42.8 Å². The first kappa shape index (κ1) is 21.9. The highest BCUT2D eigenvalue weighted by atomic mass is 32.2. The third-order valence-electron chi connectivity index (χ3n) is 5.29. The molecule has 166 valence electrons. The number of anilines is 1. The maximum absolute atomic E-state index is 13.6. The second kappa shape index (κ2) is 9.42. The van der Waals surface area contributed by atoms with Gasteiger partial charge in [0.2, 0.25) is 5.91 Å². The van der Waals surface area contributed by atoms with E-state index in [2.05, 4.69) is 0 Å². The van der Waals surface area contributed by atoms with E-state index in [1.807, 2.05) is 18.2 Å². The summed E-state index contributed by atoms with van der Waals surface area (Å²) in [5.41, 5.74) is 6.23. The normalized spacial score (nSPS) is 16.0. The molecule has 1 unspecified atom stereocenters. The van der Waals surface area contributed by atoms with Crippen LogP contribution in [0.4, 0.5) is 5.69 Å². The number of nitrogens with zero attached hydrogens (tertiary/aromatic N) is 2. The Hall–Kier alpha value is -3.36. The van der Waals surface area contributed by atoms with Gasteiger partial charge in [-0.3, -0.25) is 9.10 Å². The lowest BCUT2D eigenvalue weighted by Crippen LogP contribution is -2.43. The lowest BCUT2D eigenvalue weighted by atomic mass is 10.2. The molecular formula is C24H25N3O4S. The summed E-state index contributed by atoms with van der Waals surface area (Å²) in [6.07, 6.45) is 0.699. The molecule has 0 radical (unpaired) electrons. The number of ether oxygens (including phenoxy) is 1. The summed E-state index contributed by atoms with van der Waals surface area (Å²) in [5, 5.41) is 0. The van der Waals surface area contributed by atoms with Gasteiger partial charge in [0.05, 0.1) is 10.6 Å². The fraction of sp³-hybridized carbons (Fsp3) is 0.208. The fourth-order valence-electron chi connectivity index (χ4n) is 3.62. The number of nitrogens with two attached hydrogens (primary N) is 1. The monoisotopic (exact) mass is 451 g/mol. The summed E-state index contributed by atoms with van der Waals surface area (Å²) in [7, 11) is -4.03. The second-order valence-electron chi connectivity index (χ2n) is 7.60. The number of sulfonamides is 1. The number of likely N-dealkylation sites (tertiary alicyclic amines) is 1. The van der Waals surface area contributed by atoms with Crippen LogP contribution >= 0.6 is 0 Å². The third-order valence-corrected chi connectivity index (χ3v) is 7.07. The summed E-state index contributed by atoms with van der Waals surface area (Å²) >= 11 is 0. The number of hydrogen-bond acceptors (Lipinski definition) is 5. The van der Waals surface area contributed by atoms with Crippen molar-refractivity contribution < 1.29 is 17.9 Å². The van der Waals surface area contributed by atoms with E-state index in [0.29, 0.717) is 31.0 Å². The molecule has 2 N–H and O–H groups in total. The molecule has 0 aliphatic carbocycles. The maximum atomic E-state index is 13.6. The first-order valence-corrected chi connectivity index (χ1v) is 11.8. The molecule has 3 aromatic rings. The average Bonchev–Trinajstić information content (AvgIpc) is 3.25. The van der Waals surface area contributed by atoms with Gasteiger partial charge in [-0.15, -0.1) is 0 Å². The van der Waals surface area contributed by atoms with Gasteiger partial charge in [-0.2, -0.15) is 0 Å². The Morgan fingerprint density at radius 3 is 2.25 bits per heavy atom. The van der Waals surface area contributed by atoms with Crippen LogP contribution in [0.1, 0.15) is 6.42 Å². The van der Waals surface area contributed by atoms with E-state index in [9.17, 15) is 13.2 Å². The highest BCUT2D eigenvalue weighted by molar-refractivity contribution is 7.92. The van der Waals surface area contributed by atoms with Crippen molar-refractivity contribution in [1.82, 2.24) is 4.90 Å². The number of para-hydroxylation sites is 3. The zero-order chi connectivity index (χ0) is 22.6. The van der Waals surface area contributed by atoms with Crippen LogP contribution in [0.3, 0.4) is 0 Å². The fourth-order valence-corrected chi connectivity index (χ4v) is 5.07. The van der Waals surface area contributed by atoms with Crippen LogP contribution in [-0.4, -0.2) is 44.9 Å². The van der Waals surface area contributed by atoms with Crippen molar-refractivity contribution in [1.29, 1.82) is 0 Å². The lowest BCUT2D eigenvalue weighted by molar-refractivity contribution is -0.128. The number of rotatable bonds is 7. The van der Waals surface area contributed by atoms with E-state index in [-0.39, 0.29) is 29.1 Å². The van der Waals surface area contributed by atoms with Crippen LogP contribution in [0, 0.1) is 0 Å². The summed E-state index contributed by atoms with van der Waals surface area (Å²) in [6, 6.07) is 23.9. The Bertz CT molecular complexity index is 1170. The number of carbonyl (C=O) groups excluding carboxylic acids is 1. The van der Waals surface area contributed by atoms with Gasteiger partial charge in [0.1, 0.15) is 12.3 Å². The molecule has 7 nitrogen and oxygen atoms in total. The van der Waals surface area contributed by atoms with Crippen molar-refractivity contribution in [2.75, 3.05) is 23.9 Å². The summed E-state index contributed by atoms with van der Waals surface area (Å²) in [6.45, 7) is 0.584. The van der Waals surface area contributed by atoms with Crippen molar-refractivity contribution >= 4 is 21.6 Å². The smallest absolute Gasteiger partial charge is 0.264 e. The summed E-state index contributed by atoms with van der Waals surface area (Å²) in [5.74, 6) is 0.602. The van der Waals surface area contributed by atoms with Crippen molar-refractivity contribution in [3.63, 3.8) is 0 Å². The average molecular weight is 452 g/mol. The first-order chi connectivity index (χ1) is 15.4. The zero-order valence-corrected chi connectivity index (χ0v) is 18.3. The molecule has 0 aromatic heterocycles. The van der Waals surface area contributed by atoms with Gasteiger partial charge in [0, 0.05) is 19.1 Å². The predicted octanol–water partition coefficient (Wildman–Crippen LogP) is 3.23. The van der Waals surface area contributed by atoms with E-state index in [0.717, 1.165) is 4.31 Å². The minimum atomic E-state index is -4.03. The number of benzene rings is 3. The highest BCUT2D eigenvalue weighted by Gasteiger charge is 2.32. The molecule has 8 heteroatoms. The maximum Gasteiger partial charge on any atom is 0.264 e. The Labute approximate surface area is 188 Å². The Balaban J connectivity index is 1.74. The third kappa shape index (κ3) is 4.76. The van der Waals surface area contributed by atoms with E-state index in [1.165, 1.54) is 12.1 Å². The lowest BCUT2D eigenvalue weighted by Gasteiger charge is -2.28. The van der Waals surface area contributed by atoms with Crippen molar-refractivity contribution in [3.05, 3.63) is 84.9 Å². The standard InChI is InChI=1S/C24H25N3O4S/c25-19-15-16-26(17-19)24(28)18-27(32(29,30)21-11-5-2-6-12-21)22-13-7-8-14-23(22)31-20-9-3-1-4-10-20/h1-14,19H,15-18,25H2. The van der Waals surface area contributed by atoms with Crippen LogP contribution < -0.4 is 14.8 Å². The Morgan fingerprint density at radius 2 is 1.59 bits per heavy atom. The molecule has 3 aromatic carbocycles. The molecular weight excluding hydrogens is 426 g/mol. The van der Waals surface area contributed by atoms with Crippen LogP contribution in [0.25, 0.3) is 0 Å². The van der Waals surface area contributed by atoms with Crippen molar-refractivity contribution in [2.45, 2.75) is 17.4 Å². The molecule has 1 aliphatic heterocycles. The molecule has 1 saturated heterocycles. The van der Waals surface area contributed by atoms with Gasteiger partial charge in [-0.1, -0.05) is 48.5 Å². The predicted molar refractivity (Wildman–Crippen MR) is 123 cm³/mol. The van der Waals surface area contributed by atoms with Crippen LogP contribution in [0.2, 0.25) is 0 Å². The van der Waals surface area contributed by atoms with Crippen LogP contribution in [0.15, 0.2) is 89.8 Å². The SMILES string of the molecule is NC1CCN(C(=O)CN(c2ccccc2Oc2ccccc2)S(=O)(=O)c2ccccc2)C1. The largest absolute Gasteiger partial charge is 0.455 e. The molecule has 1 atom stereocenters. The summed E-state index contributed by atoms with van der Waals surface area (Å²) < 4.78 is 34.4. The first-order valence-electron chi connectivity index (χ1n) is 10.4. The Kier molecular flexibility index (Phi) is 6.43. The van der Waals surface area contributed by atoms with E-state index >= 15 is 0 Å². The van der Waals surface area contributed by atoms with E-state index in [1.54, 1.807) is 59.5 Å². The molecule has 0 saturated carbocycles. The molecule has 1 heterocycles. The summed E-state index contributed by atoms with van der Waals surface area (Å²) in [4.78, 5) is 14.8. The molecule has 4 rings (SSSR count).